The number of carbonyl (C=O) groups is 1. The number of nitrogens with one attached hydrogen (secondary N) is 1. The lowest BCUT2D eigenvalue weighted by molar-refractivity contribution is -0.125. The second-order valence-electron chi connectivity index (χ2n) is 6.91. The van der Waals surface area contributed by atoms with Gasteiger partial charge in [0.05, 0.1) is 6.54 Å². The Morgan fingerprint density at radius 2 is 1.76 bits per heavy atom. The summed E-state index contributed by atoms with van der Waals surface area (Å²) in [6.07, 6.45) is 12.2. The van der Waals surface area contributed by atoms with Crippen molar-refractivity contribution in [3.63, 3.8) is 0 Å². The average molecular weight is 295 g/mol. The topological polar surface area (TPSA) is 58.4 Å². The molecule has 0 spiro atoms. The van der Waals surface area contributed by atoms with Crippen LogP contribution in [0.5, 0.6) is 0 Å². The Morgan fingerprint density at radius 1 is 1.14 bits per heavy atom. The van der Waals surface area contributed by atoms with Crippen molar-refractivity contribution < 1.29 is 4.79 Å². The zero-order valence-corrected chi connectivity index (χ0v) is 13.7. The van der Waals surface area contributed by atoms with Crippen molar-refractivity contribution in [2.24, 2.45) is 5.73 Å². The third-order valence-corrected chi connectivity index (χ3v) is 5.52. The van der Waals surface area contributed by atoms with Crippen LogP contribution in [0.1, 0.15) is 71.1 Å². The number of nitrogens with two attached hydrogens (primary N) is 1. The van der Waals surface area contributed by atoms with E-state index in [2.05, 4.69) is 17.1 Å². The molecule has 0 aliphatic heterocycles. The number of nitrogens with zero attached hydrogens (tertiary/aromatic N) is 1. The van der Waals surface area contributed by atoms with Gasteiger partial charge >= 0.3 is 0 Å². The Labute approximate surface area is 129 Å². The molecule has 0 unspecified atom stereocenters. The van der Waals surface area contributed by atoms with Gasteiger partial charge < -0.3 is 11.1 Å². The maximum absolute atomic E-state index is 12.4. The fourth-order valence-corrected chi connectivity index (χ4v) is 4.17. The fraction of sp³-hybridized carbons (Fsp3) is 0.941. The maximum Gasteiger partial charge on any atom is 0.234 e. The molecule has 2 saturated carbocycles. The van der Waals surface area contributed by atoms with E-state index >= 15 is 0 Å². The first-order valence-electron chi connectivity index (χ1n) is 8.94. The van der Waals surface area contributed by atoms with E-state index in [0.717, 1.165) is 32.2 Å². The number of carbonyl (C=O) groups excluding carboxylic acids is 1. The molecule has 0 saturated heterocycles. The zero-order chi connectivity index (χ0) is 15.1. The molecule has 2 rings (SSSR count). The van der Waals surface area contributed by atoms with Gasteiger partial charge in [-0.1, -0.05) is 45.4 Å². The fourth-order valence-electron chi connectivity index (χ4n) is 4.17. The molecule has 4 nitrogen and oxygen atoms in total. The molecule has 1 amide bonds. The summed E-state index contributed by atoms with van der Waals surface area (Å²) in [5.74, 6) is 0.196. The Balaban J connectivity index is 1.89. The van der Waals surface area contributed by atoms with Gasteiger partial charge in [-0.05, 0) is 32.2 Å². The number of amides is 1. The third-order valence-electron chi connectivity index (χ3n) is 5.52. The van der Waals surface area contributed by atoms with Gasteiger partial charge in [0.2, 0.25) is 5.91 Å². The van der Waals surface area contributed by atoms with Crippen LogP contribution in [0.15, 0.2) is 0 Å². The predicted molar refractivity (Wildman–Crippen MR) is 87.1 cm³/mol. The largest absolute Gasteiger partial charge is 0.352 e. The molecule has 3 N–H and O–H groups in total. The van der Waals surface area contributed by atoms with E-state index in [-0.39, 0.29) is 11.4 Å². The molecule has 122 valence electrons. The summed E-state index contributed by atoms with van der Waals surface area (Å²) < 4.78 is 0. The number of hydrogen-bond donors (Lipinski definition) is 2. The third kappa shape index (κ3) is 4.43. The summed E-state index contributed by atoms with van der Waals surface area (Å²) in [4.78, 5) is 14.7. The molecule has 0 bridgehead atoms. The van der Waals surface area contributed by atoms with Crippen molar-refractivity contribution in [3.05, 3.63) is 0 Å². The lowest BCUT2D eigenvalue weighted by atomic mass is 9.80. The zero-order valence-electron chi connectivity index (χ0n) is 13.7. The predicted octanol–water partition coefficient (Wildman–Crippen LogP) is 2.42. The highest BCUT2D eigenvalue weighted by atomic mass is 16.2. The first kappa shape index (κ1) is 16.8. The highest BCUT2D eigenvalue weighted by Gasteiger charge is 2.36. The molecule has 2 fully saturated rings. The second-order valence-corrected chi connectivity index (χ2v) is 6.91. The monoisotopic (exact) mass is 295 g/mol. The van der Waals surface area contributed by atoms with Crippen LogP contribution < -0.4 is 11.1 Å². The highest BCUT2D eigenvalue weighted by molar-refractivity contribution is 5.78. The van der Waals surface area contributed by atoms with Crippen molar-refractivity contribution in [1.29, 1.82) is 0 Å². The normalized spacial score (nSPS) is 23.2. The van der Waals surface area contributed by atoms with Crippen molar-refractivity contribution in [3.8, 4) is 0 Å². The Bertz CT molecular complexity index is 320. The standard InChI is InChI=1S/C17H33N3O/c1-2-20(17(14-18)11-7-4-8-12-17)13-16(21)19-15-9-5-3-6-10-15/h15H,2-14,18H2,1H3,(H,19,21). The molecule has 21 heavy (non-hydrogen) atoms. The van der Waals surface area contributed by atoms with E-state index < -0.39 is 0 Å². The van der Waals surface area contributed by atoms with E-state index in [1.807, 2.05) is 0 Å². The summed E-state index contributed by atoms with van der Waals surface area (Å²) in [5, 5.41) is 3.24. The molecule has 0 aromatic rings. The van der Waals surface area contributed by atoms with Gasteiger partial charge in [0, 0.05) is 18.1 Å². The molecule has 0 heterocycles. The van der Waals surface area contributed by atoms with E-state index in [4.69, 9.17) is 5.73 Å². The first-order valence-corrected chi connectivity index (χ1v) is 8.94. The van der Waals surface area contributed by atoms with Gasteiger partial charge in [-0.25, -0.2) is 0 Å². The quantitative estimate of drug-likeness (QED) is 0.791. The molecule has 0 atom stereocenters. The number of hydrogen-bond acceptors (Lipinski definition) is 3. The molecular weight excluding hydrogens is 262 g/mol. The van der Waals surface area contributed by atoms with E-state index in [1.54, 1.807) is 0 Å². The molecule has 2 aliphatic rings. The maximum atomic E-state index is 12.4. The minimum atomic E-state index is 0.0664. The van der Waals surface area contributed by atoms with Crippen LogP contribution in [0.25, 0.3) is 0 Å². The summed E-state index contributed by atoms with van der Waals surface area (Å²) >= 11 is 0. The van der Waals surface area contributed by atoms with Gasteiger partial charge in [0.1, 0.15) is 0 Å². The van der Waals surface area contributed by atoms with Gasteiger partial charge in [-0.3, -0.25) is 9.69 Å². The SMILES string of the molecule is CCN(CC(=O)NC1CCCCC1)C1(CN)CCCCC1. The Kier molecular flexibility index (Phi) is 6.49. The van der Waals surface area contributed by atoms with Crippen molar-refractivity contribution in [1.82, 2.24) is 10.2 Å². The number of likely N-dealkylation sites (N-methyl/N-ethyl adjacent to an activating group) is 1. The van der Waals surface area contributed by atoms with E-state index in [0.29, 0.717) is 19.1 Å². The van der Waals surface area contributed by atoms with Gasteiger partial charge in [0.15, 0.2) is 0 Å². The molecule has 0 aromatic carbocycles. The van der Waals surface area contributed by atoms with Crippen LogP contribution in [-0.2, 0) is 4.79 Å². The van der Waals surface area contributed by atoms with Crippen LogP contribution in [0, 0.1) is 0 Å². The Hall–Kier alpha value is -0.610. The lowest BCUT2D eigenvalue weighted by Crippen LogP contribution is -2.57. The minimum absolute atomic E-state index is 0.0664. The number of rotatable bonds is 6. The first-order chi connectivity index (χ1) is 10.2. The molecule has 4 heteroatoms. The van der Waals surface area contributed by atoms with Gasteiger partial charge in [-0.15, -0.1) is 0 Å². The van der Waals surface area contributed by atoms with Crippen LogP contribution in [-0.4, -0.2) is 42.0 Å². The molecule has 2 aliphatic carbocycles. The lowest BCUT2D eigenvalue weighted by Gasteiger charge is -2.45. The average Bonchev–Trinajstić information content (AvgIpc) is 2.54. The summed E-state index contributed by atoms with van der Waals surface area (Å²) in [6, 6.07) is 0.408. The van der Waals surface area contributed by atoms with E-state index in [1.165, 1.54) is 38.5 Å². The molecule has 0 aromatic heterocycles. The summed E-state index contributed by atoms with van der Waals surface area (Å²) in [6.45, 7) is 4.26. The van der Waals surface area contributed by atoms with Crippen LogP contribution in [0.3, 0.4) is 0 Å². The van der Waals surface area contributed by atoms with Crippen molar-refractivity contribution in [2.75, 3.05) is 19.6 Å². The van der Waals surface area contributed by atoms with Crippen LogP contribution in [0.2, 0.25) is 0 Å². The van der Waals surface area contributed by atoms with E-state index in [9.17, 15) is 4.79 Å². The summed E-state index contributed by atoms with van der Waals surface area (Å²) in [5.41, 5.74) is 6.17. The van der Waals surface area contributed by atoms with Crippen molar-refractivity contribution >= 4 is 5.91 Å². The van der Waals surface area contributed by atoms with Crippen LogP contribution in [0.4, 0.5) is 0 Å². The van der Waals surface area contributed by atoms with Crippen LogP contribution >= 0.6 is 0 Å². The summed E-state index contributed by atoms with van der Waals surface area (Å²) in [7, 11) is 0. The Morgan fingerprint density at radius 3 is 2.33 bits per heavy atom. The molecular formula is C17H33N3O. The van der Waals surface area contributed by atoms with Crippen molar-refractivity contribution in [2.45, 2.75) is 82.7 Å². The smallest absolute Gasteiger partial charge is 0.234 e. The molecule has 0 radical (unpaired) electrons. The van der Waals surface area contributed by atoms with Gasteiger partial charge in [-0.2, -0.15) is 0 Å². The minimum Gasteiger partial charge on any atom is -0.352 e. The second kappa shape index (κ2) is 8.14. The highest BCUT2D eigenvalue weighted by Crippen LogP contribution is 2.32. The van der Waals surface area contributed by atoms with Gasteiger partial charge in [0.25, 0.3) is 0 Å².